The van der Waals surface area contributed by atoms with Crippen LogP contribution in [0, 0.1) is 0 Å². The van der Waals surface area contributed by atoms with Crippen LogP contribution in [0.3, 0.4) is 0 Å². The molecule has 0 radical (unpaired) electrons. The molecule has 0 bridgehead atoms. The summed E-state index contributed by atoms with van der Waals surface area (Å²) in [4.78, 5) is 36.2. The van der Waals surface area contributed by atoms with E-state index in [0.717, 1.165) is 28.8 Å². The van der Waals surface area contributed by atoms with Gasteiger partial charge >= 0.3 is 5.97 Å². The molecule has 0 saturated heterocycles. The molecule has 5 rings (SSSR count). The second-order valence-corrected chi connectivity index (χ2v) is 8.78. The van der Waals surface area contributed by atoms with Gasteiger partial charge in [0.15, 0.2) is 0 Å². The third kappa shape index (κ3) is 4.54. The summed E-state index contributed by atoms with van der Waals surface area (Å²) in [5.74, 6) is -0.730. The molecular formula is C28H25N5O3. The first-order valence-corrected chi connectivity index (χ1v) is 11.4. The summed E-state index contributed by atoms with van der Waals surface area (Å²) in [6, 6.07) is 18.9. The lowest BCUT2D eigenvalue weighted by Gasteiger charge is -2.16. The van der Waals surface area contributed by atoms with Crippen LogP contribution in [0.1, 0.15) is 27.0 Å². The summed E-state index contributed by atoms with van der Waals surface area (Å²) in [6.07, 6.45) is 3.29. The molecule has 8 nitrogen and oxygen atoms in total. The van der Waals surface area contributed by atoms with E-state index in [0.29, 0.717) is 28.1 Å². The Morgan fingerprint density at radius 2 is 1.67 bits per heavy atom. The highest BCUT2D eigenvalue weighted by molar-refractivity contribution is 6.37. The molecular weight excluding hydrogens is 454 g/mol. The molecule has 180 valence electrons. The van der Waals surface area contributed by atoms with Gasteiger partial charge in [0.1, 0.15) is 0 Å². The average Bonchev–Trinajstić information content (AvgIpc) is 3.21. The number of fused-ring (bicyclic) bond motifs is 2. The minimum atomic E-state index is -0.464. The van der Waals surface area contributed by atoms with Gasteiger partial charge in [-0.1, -0.05) is 24.3 Å². The first kappa shape index (κ1) is 23.2. The molecule has 0 fully saturated rings. The lowest BCUT2D eigenvalue weighted by atomic mass is 9.98. The van der Waals surface area contributed by atoms with Gasteiger partial charge in [-0.2, -0.15) is 0 Å². The summed E-state index contributed by atoms with van der Waals surface area (Å²) < 4.78 is 4.83. The molecule has 0 saturated carbocycles. The van der Waals surface area contributed by atoms with Crippen LogP contribution < -0.4 is 10.6 Å². The van der Waals surface area contributed by atoms with E-state index in [4.69, 9.17) is 4.74 Å². The average molecular weight is 480 g/mol. The number of benzene rings is 3. The van der Waals surface area contributed by atoms with E-state index in [-0.39, 0.29) is 5.91 Å². The minimum Gasteiger partial charge on any atom is -0.465 e. The van der Waals surface area contributed by atoms with E-state index < -0.39 is 5.97 Å². The Bertz CT molecular complexity index is 1510. The van der Waals surface area contributed by atoms with E-state index >= 15 is 0 Å². The highest BCUT2D eigenvalue weighted by Gasteiger charge is 2.29. The predicted octanol–water partition coefficient (Wildman–Crippen LogP) is 4.41. The second kappa shape index (κ2) is 9.59. The van der Waals surface area contributed by atoms with Gasteiger partial charge in [0.05, 0.1) is 40.7 Å². The van der Waals surface area contributed by atoms with Gasteiger partial charge in [-0.15, -0.1) is 0 Å². The quantitative estimate of drug-likeness (QED) is 0.312. The molecule has 2 N–H and O–H groups in total. The number of ether oxygens (including phenoxy) is 1. The highest BCUT2D eigenvalue weighted by Crippen LogP contribution is 2.38. The Morgan fingerprint density at radius 3 is 2.39 bits per heavy atom. The lowest BCUT2D eigenvalue weighted by Crippen LogP contribution is -2.11. The zero-order chi connectivity index (χ0) is 25.2. The van der Waals surface area contributed by atoms with Crippen LogP contribution in [-0.2, 0) is 16.1 Å². The number of hydrogen-bond donors (Lipinski definition) is 2. The van der Waals surface area contributed by atoms with E-state index in [1.807, 2.05) is 44.4 Å². The smallest absolute Gasteiger partial charge is 0.337 e. The summed E-state index contributed by atoms with van der Waals surface area (Å²) >= 11 is 0. The van der Waals surface area contributed by atoms with Gasteiger partial charge in [0.2, 0.25) is 0 Å². The van der Waals surface area contributed by atoms with Crippen LogP contribution in [0.4, 0.5) is 11.4 Å². The highest BCUT2D eigenvalue weighted by atomic mass is 16.5. The molecule has 0 atom stereocenters. The number of nitrogens with zero attached hydrogens (tertiary/aromatic N) is 3. The van der Waals surface area contributed by atoms with Crippen molar-refractivity contribution in [3.05, 3.63) is 95.3 Å². The minimum absolute atomic E-state index is 0.266. The van der Waals surface area contributed by atoms with Gasteiger partial charge in [0, 0.05) is 35.8 Å². The molecule has 1 aliphatic rings. The van der Waals surface area contributed by atoms with Crippen molar-refractivity contribution in [1.29, 1.82) is 0 Å². The van der Waals surface area contributed by atoms with E-state index in [1.54, 1.807) is 30.6 Å². The van der Waals surface area contributed by atoms with Crippen LogP contribution in [0.25, 0.3) is 22.3 Å². The van der Waals surface area contributed by atoms with Crippen LogP contribution in [0.2, 0.25) is 0 Å². The van der Waals surface area contributed by atoms with Crippen LogP contribution in [0.15, 0.2) is 73.1 Å². The number of methoxy groups -OCH3 is 1. The SMILES string of the molecule is COC(=O)c1ccc2c(c1)NC(=O)C2=C(Nc1ccc(CN(C)C)cc1)c1ccc2nccnc2c1. The van der Waals surface area contributed by atoms with Crippen LogP contribution >= 0.6 is 0 Å². The zero-order valence-corrected chi connectivity index (χ0v) is 20.2. The van der Waals surface area contributed by atoms with Crippen molar-refractivity contribution >= 4 is 45.6 Å². The Kier molecular flexibility index (Phi) is 6.18. The summed E-state index contributed by atoms with van der Waals surface area (Å²) in [5, 5.41) is 6.36. The molecule has 2 heterocycles. The van der Waals surface area contributed by atoms with Gasteiger partial charge in [-0.05, 0) is 56.1 Å². The topological polar surface area (TPSA) is 96.4 Å². The molecule has 1 amide bonds. The molecule has 36 heavy (non-hydrogen) atoms. The number of esters is 1. The standard InChI is InChI=1S/C28H25N5O3/c1-33(2)16-17-4-8-20(9-5-17)31-26(18-7-11-22-24(14-18)30-13-12-29-22)25-21-10-6-19(28(35)36-3)15-23(21)32-27(25)34/h4-15,31H,16H2,1-3H3,(H,32,34). The number of anilines is 2. The molecule has 0 aliphatic carbocycles. The molecule has 4 aromatic rings. The molecule has 0 spiro atoms. The van der Waals surface area contributed by atoms with Gasteiger partial charge in [0.25, 0.3) is 5.91 Å². The molecule has 3 aromatic carbocycles. The Balaban J connectivity index is 1.64. The zero-order valence-electron chi connectivity index (χ0n) is 20.2. The Hall–Kier alpha value is -4.56. The number of aromatic nitrogens is 2. The maximum absolute atomic E-state index is 13.3. The maximum Gasteiger partial charge on any atom is 0.337 e. The van der Waals surface area contributed by atoms with Gasteiger partial charge in [-0.25, -0.2) is 4.79 Å². The number of nitrogens with one attached hydrogen (secondary N) is 2. The van der Waals surface area contributed by atoms with E-state index in [2.05, 4.69) is 37.6 Å². The van der Waals surface area contributed by atoms with Crippen molar-refractivity contribution in [2.45, 2.75) is 6.54 Å². The number of amides is 1. The largest absolute Gasteiger partial charge is 0.465 e. The van der Waals surface area contributed by atoms with Crippen molar-refractivity contribution in [2.75, 3.05) is 31.8 Å². The fourth-order valence-corrected chi connectivity index (χ4v) is 4.27. The Morgan fingerprint density at radius 1 is 0.944 bits per heavy atom. The normalized spacial score (nSPS) is 13.9. The van der Waals surface area contributed by atoms with E-state index in [9.17, 15) is 9.59 Å². The van der Waals surface area contributed by atoms with Crippen molar-refractivity contribution in [1.82, 2.24) is 14.9 Å². The summed E-state index contributed by atoms with van der Waals surface area (Å²) in [7, 11) is 5.38. The molecule has 1 aromatic heterocycles. The maximum atomic E-state index is 13.3. The van der Waals surface area contributed by atoms with E-state index in [1.165, 1.54) is 12.7 Å². The van der Waals surface area contributed by atoms with Crippen molar-refractivity contribution in [3.8, 4) is 0 Å². The fourth-order valence-electron chi connectivity index (χ4n) is 4.27. The molecule has 0 unspecified atom stereocenters. The lowest BCUT2D eigenvalue weighted by molar-refractivity contribution is -0.110. The second-order valence-electron chi connectivity index (χ2n) is 8.78. The summed E-state index contributed by atoms with van der Waals surface area (Å²) in [5.41, 5.74) is 7.00. The van der Waals surface area contributed by atoms with Crippen molar-refractivity contribution in [2.24, 2.45) is 0 Å². The number of rotatable bonds is 6. The van der Waals surface area contributed by atoms with Crippen molar-refractivity contribution in [3.63, 3.8) is 0 Å². The summed E-state index contributed by atoms with van der Waals surface area (Å²) in [6.45, 7) is 0.829. The predicted molar refractivity (Wildman–Crippen MR) is 140 cm³/mol. The number of carbonyl (C=O) groups excluding carboxylic acids is 2. The monoisotopic (exact) mass is 479 g/mol. The first-order chi connectivity index (χ1) is 17.4. The fraction of sp³-hybridized carbons (Fsp3) is 0.143. The van der Waals surface area contributed by atoms with Crippen molar-refractivity contribution < 1.29 is 14.3 Å². The Labute approximate surface area is 208 Å². The number of carbonyl (C=O) groups is 2. The molecule has 8 heteroatoms. The third-order valence-corrected chi connectivity index (χ3v) is 5.92. The van der Waals surface area contributed by atoms with Crippen LogP contribution in [0.5, 0.6) is 0 Å². The first-order valence-electron chi connectivity index (χ1n) is 11.4. The molecule has 1 aliphatic heterocycles. The van der Waals surface area contributed by atoms with Crippen LogP contribution in [-0.4, -0.2) is 47.9 Å². The van der Waals surface area contributed by atoms with Gasteiger partial charge in [-0.3, -0.25) is 14.8 Å². The third-order valence-electron chi connectivity index (χ3n) is 5.92. The van der Waals surface area contributed by atoms with Gasteiger partial charge < -0.3 is 20.3 Å². The number of hydrogen-bond acceptors (Lipinski definition) is 7.